The van der Waals surface area contributed by atoms with E-state index in [-0.39, 0.29) is 6.10 Å². The molecular formula is C15H30O3Si3. The second-order valence-electron chi connectivity index (χ2n) is 4.99. The van der Waals surface area contributed by atoms with E-state index in [2.05, 4.69) is 26.1 Å². The first-order chi connectivity index (χ1) is 10.2. The largest absolute Gasteiger partial charge is 0.547 e. The van der Waals surface area contributed by atoms with Gasteiger partial charge >= 0.3 is 9.76 Å². The molecule has 0 N–H and O–H groups in total. The van der Waals surface area contributed by atoms with Gasteiger partial charge in [0.1, 0.15) is 0 Å². The number of rotatable bonds is 15. The molecule has 0 aliphatic carbocycles. The number of hydrogen-bond acceptors (Lipinski definition) is 3. The maximum absolute atomic E-state index is 5.72. The van der Waals surface area contributed by atoms with Crippen LogP contribution in [-0.4, -0.2) is 41.5 Å². The van der Waals surface area contributed by atoms with Gasteiger partial charge in [-0.15, -0.1) is 0 Å². The van der Waals surface area contributed by atoms with Crippen LogP contribution in [0.25, 0.3) is 0 Å². The molecule has 6 radical (unpaired) electrons. The van der Waals surface area contributed by atoms with E-state index >= 15 is 0 Å². The van der Waals surface area contributed by atoms with Crippen molar-refractivity contribution in [3.63, 3.8) is 0 Å². The summed E-state index contributed by atoms with van der Waals surface area (Å²) in [6.45, 7) is 8.36. The molecule has 0 aromatic carbocycles. The van der Waals surface area contributed by atoms with Gasteiger partial charge in [0.2, 0.25) is 19.5 Å². The molecule has 0 aliphatic heterocycles. The summed E-state index contributed by atoms with van der Waals surface area (Å²) in [6.07, 6.45) is 13.2. The molecule has 3 nitrogen and oxygen atoms in total. The summed E-state index contributed by atoms with van der Waals surface area (Å²) in [5.74, 6) is 0. The summed E-state index contributed by atoms with van der Waals surface area (Å²) in [6, 6.07) is 0. The minimum atomic E-state index is 0.226. The van der Waals surface area contributed by atoms with Crippen molar-refractivity contribution >= 4 is 29.3 Å². The van der Waals surface area contributed by atoms with Gasteiger partial charge in [-0.2, -0.15) is 0 Å². The molecular weight excluding hydrogens is 312 g/mol. The van der Waals surface area contributed by atoms with Gasteiger partial charge in [-0.25, -0.2) is 0 Å². The molecule has 0 aromatic heterocycles. The Hall–Kier alpha value is 0.111. The van der Waals surface area contributed by atoms with Crippen molar-refractivity contribution in [1.82, 2.24) is 0 Å². The normalized spacial score (nSPS) is 14.5. The van der Waals surface area contributed by atoms with Crippen LogP contribution in [0, 0.1) is 0 Å². The van der Waals surface area contributed by atoms with Crippen molar-refractivity contribution in [2.45, 2.75) is 83.7 Å². The van der Waals surface area contributed by atoms with Crippen molar-refractivity contribution in [2.75, 3.05) is 0 Å². The quantitative estimate of drug-likeness (QED) is 0.255. The highest BCUT2D eigenvalue weighted by atomic mass is 28.2. The molecule has 6 heteroatoms. The maximum atomic E-state index is 5.72. The fraction of sp³-hybridized carbons (Fsp3) is 0.867. The molecule has 2 atom stereocenters. The molecule has 2 unspecified atom stereocenters. The third-order valence-electron chi connectivity index (χ3n) is 3.17. The molecule has 120 valence electrons. The minimum Gasteiger partial charge on any atom is -0.547 e. The first kappa shape index (κ1) is 21.1. The van der Waals surface area contributed by atoms with E-state index in [0.717, 1.165) is 6.42 Å². The Labute approximate surface area is 139 Å². The number of unbranched alkanes of at least 4 members (excludes halogenated alkanes) is 4. The van der Waals surface area contributed by atoms with Crippen LogP contribution in [0.2, 0.25) is 19.6 Å². The Morgan fingerprint density at radius 2 is 1.43 bits per heavy atom. The minimum absolute atomic E-state index is 0.226. The van der Waals surface area contributed by atoms with Crippen molar-refractivity contribution < 1.29 is 13.3 Å². The van der Waals surface area contributed by atoms with Gasteiger partial charge in [-0.1, -0.05) is 32.1 Å². The second-order valence-corrected chi connectivity index (χ2v) is 6.92. The van der Waals surface area contributed by atoms with Crippen molar-refractivity contribution in [3.8, 4) is 0 Å². The predicted octanol–water partition coefficient (Wildman–Crippen LogP) is 4.04. The first-order valence-corrected chi connectivity index (χ1v) is 12.1. The van der Waals surface area contributed by atoms with Gasteiger partial charge in [0.15, 0.2) is 0 Å². The van der Waals surface area contributed by atoms with E-state index in [4.69, 9.17) is 13.3 Å². The summed E-state index contributed by atoms with van der Waals surface area (Å²) in [4.78, 5) is 0. The van der Waals surface area contributed by atoms with Gasteiger partial charge in [-0.05, 0) is 45.5 Å². The van der Waals surface area contributed by atoms with Crippen molar-refractivity contribution in [2.24, 2.45) is 0 Å². The van der Waals surface area contributed by atoms with E-state index in [0.29, 0.717) is 35.4 Å². The third-order valence-corrected chi connectivity index (χ3v) is 4.71. The average molecular weight is 343 g/mol. The lowest BCUT2D eigenvalue weighted by atomic mass is 10.1. The van der Waals surface area contributed by atoms with Crippen LogP contribution < -0.4 is 0 Å². The Morgan fingerprint density at radius 1 is 0.810 bits per heavy atom. The smallest absolute Gasteiger partial charge is 0.306 e. The highest BCUT2D eigenvalue weighted by Gasteiger charge is 2.04. The summed E-state index contributed by atoms with van der Waals surface area (Å²) in [5.41, 5.74) is 0. The summed E-state index contributed by atoms with van der Waals surface area (Å²) in [7, 11) is 1.67. The Morgan fingerprint density at radius 3 is 2.05 bits per heavy atom. The second kappa shape index (κ2) is 16.5. The Balaban J connectivity index is 3.53. The van der Waals surface area contributed by atoms with E-state index in [1.807, 2.05) is 6.55 Å². The number of hydrogen-bond donors (Lipinski definition) is 0. The molecule has 0 spiro atoms. The molecule has 0 heterocycles. The predicted molar refractivity (Wildman–Crippen MR) is 92.8 cm³/mol. The molecule has 0 fully saturated rings. The van der Waals surface area contributed by atoms with Crippen molar-refractivity contribution in [1.29, 1.82) is 0 Å². The lowest BCUT2D eigenvalue weighted by molar-refractivity contribution is 0.218. The lowest BCUT2D eigenvalue weighted by Crippen LogP contribution is -2.11. The molecule has 0 bridgehead atoms. The van der Waals surface area contributed by atoms with E-state index in [9.17, 15) is 0 Å². The monoisotopic (exact) mass is 342 g/mol. The Kier molecular flexibility index (Phi) is 16.6. The highest BCUT2D eigenvalue weighted by Crippen LogP contribution is 2.12. The molecule has 0 aromatic rings. The molecule has 0 amide bonds. The average Bonchev–Trinajstić information content (AvgIpc) is 2.46. The van der Waals surface area contributed by atoms with Crippen LogP contribution in [0.15, 0.2) is 12.3 Å². The van der Waals surface area contributed by atoms with Crippen LogP contribution in [0.5, 0.6) is 0 Å². The zero-order valence-electron chi connectivity index (χ0n) is 14.0. The molecule has 0 rings (SSSR count). The van der Waals surface area contributed by atoms with Crippen LogP contribution >= 0.6 is 0 Å². The topological polar surface area (TPSA) is 27.7 Å². The fourth-order valence-corrected chi connectivity index (χ4v) is 3.34. The van der Waals surface area contributed by atoms with Gasteiger partial charge in [0.05, 0.1) is 12.4 Å². The lowest BCUT2D eigenvalue weighted by Gasteiger charge is -2.13. The third kappa shape index (κ3) is 14.8. The highest BCUT2D eigenvalue weighted by molar-refractivity contribution is 6.25. The summed E-state index contributed by atoms with van der Waals surface area (Å²) >= 11 is 0. The van der Waals surface area contributed by atoms with Crippen molar-refractivity contribution in [3.05, 3.63) is 12.3 Å². The fourth-order valence-electron chi connectivity index (χ4n) is 2.11. The van der Waals surface area contributed by atoms with Gasteiger partial charge < -0.3 is 13.3 Å². The van der Waals surface area contributed by atoms with Crippen LogP contribution in [0.3, 0.4) is 0 Å². The molecule has 21 heavy (non-hydrogen) atoms. The zero-order chi connectivity index (χ0) is 15.8. The van der Waals surface area contributed by atoms with Crippen LogP contribution in [0.1, 0.15) is 51.9 Å². The maximum Gasteiger partial charge on any atom is 0.306 e. The van der Waals surface area contributed by atoms with Gasteiger partial charge in [-0.3, -0.25) is 0 Å². The van der Waals surface area contributed by atoms with Crippen LogP contribution in [0.4, 0.5) is 0 Å². The summed E-state index contributed by atoms with van der Waals surface area (Å²) in [5, 5.41) is 0. The van der Waals surface area contributed by atoms with E-state index in [1.54, 1.807) is 6.26 Å². The zero-order valence-corrected chi connectivity index (χ0v) is 17.0. The standard InChI is InChI=1S/C15H30O3Si3/c1-14(17-20-3)10-8-6-5-7-9-11-15(18-21-4)12-13-16-19-2/h12-15H,5-11H2,1-4H3. The molecule has 0 aliphatic rings. The van der Waals surface area contributed by atoms with Crippen LogP contribution in [-0.2, 0) is 13.3 Å². The van der Waals surface area contributed by atoms with E-state index in [1.165, 1.54) is 38.5 Å². The summed E-state index contributed by atoms with van der Waals surface area (Å²) < 4.78 is 16.6. The molecule has 0 saturated carbocycles. The van der Waals surface area contributed by atoms with E-state index < -0.39 is 0 Å². The van der Waals surface area contributed by atoms with Gasteiger partial charge in [0, 0.05) is 6.10 Å². The first-order valence-electron chi connectivity index (χ1n) is 7.88. The van der Waals surface area contributed by atoms with Gasteiger partial charge in [0.25, 0.3) is 0 Å². The SMILES string of the molecule is C[Si]OC=CC(CCCCCCCC(C)O[Si]C)O[Si]C. The molecule has 0 saturated heterocycles. The Bertz CT molecular complexity index is 240.